The maximum absolute atomic E-state index is 11.4. The average molecular weight is 266 g/mol. The molecule has 0 heterocycles. The molecule has 0 aliphatic heterocycles. The van der Waals surface area contributed by atoms with Crippen LogP contribution in [0.2, 0.25) is 0 Å². The molecule has 4 nitrogen and oxygen atoms in total. The number of aliphatic carboxylic acids is 1. The summed E-state index contributed by atoms with van der Waals surface area (Å²) in [6.07, 6.45) is 0. The minimum Gasteiger partial charge on any atom is -0.479 e. The molecular formula is C16H14N2O2. The highest BCUT2D eigenvalue weighted by Crippen LogP contribution is 2.23. The second-order valence-electron chi connectivity index (χ2n) is 4.49. The fourth-order valence-corrected chi connectivity index (χ4v) is 1.97. The van der Waals surface area contributed by atoms with E-state index in [1.165, 1.54) is 0 Å². The van der Waals surface area contributed by atoms with Crippen molar-refractivity contribution >= 4 is 11.7 Å². The first-order chi connectivity index (χ1) is 9.61. The van der Waals surface area contributed by atoms with Crippen molar-refractivity contribution in [3.8, 4) is 6.07 Å². The van der Waals surface area contributed by atoms with E-state index in [4.69, 9.17) is 5.26 Å². The van der Waals surface area contributed by atoms with Gasteiger partial charge in [0, 0.05) is 0 Å². The van der Waals surface area contributed by atoms with Crippen molar-refractivity contribution < 1.29 is 9.90 Å². The van der Waals surface area contributed by atoms with Gasteiger partial charge in [-0.25, -0.2) is 4.79 Å². The van der Waals surface area contributed by atoms with E-state index < -0.39 is 12.0 Å². The molecule has 0 saturated carbocycles. The Morgan fingerprint density at radius 2 is 1.95 bits per heavy atom. The van der Waals surface area contributed by atoms with Gasteiger partial charge in [-0.3, -0.25) is 0 Å². The Morgan fingerprint density at radius 3 is 2.55 bits per heavy atom. The van der Waals surface area contributed by atoms with Crippen LogP contribution in [0.3, 0.4) is 0 Å². The second-order valence-corrected chi connectivity index (χ2v) is 4.49. The number of anilines is 1. The number of carboxylic acid groups (broad SMARTS) is 1. The molecular weight excluding hydrogens is 252 g/mol. The Hall–Kier alpha value is -2.80. The lowest BCUT2D eigenvalue weighted by atomic mass is 10.0. The van der Waals surface area contributed by atoms with Gasteiger partial charge in [0.25, 0.3) is 0 Å². The summed E-state index contributed by atoms with van der Waals surface area (Å²) >= 11 is 0. The third-order valence-corrected chi connectivity index (χ3v) is 2.98. The second kappa shape index (κ2) is 5.89. The molecule has 0 spiro atoms. The van der Waals surface area contributed by atoms with Crippen LogP contribution in [0.5, 0.6) is 0 Å². The molecule has 0 amide bonds. The van der Waals surface area contributed by atoms with E-state index in [0.29, 0.717) is 16.8 Å². The third kappa shape index (κ3) is 2.96. The number of hydrogen-bond donors (Lipinski definition) is 2. The van der Waals surface area contributed by atoms with Crippen LogP contribution in [-0.4, -0.2) is 11.1 Å². The summed E-state index contributed by atoms with van der Waals surface area (Å²) in [5.41, 5.74) is 2.56. The minimum atomic E-state index is -0.985. The molecule has 2 rings (SSSR count). The average Bonchev–Trinajstić information content (AvgIpc) is 2.46. The summed E-state index contributed by atoms with van der Waals surface area (Å²) in [6.45, 7) is 1.89. The van der Waals surface area contributed by atoms with Crippen LogP contribution in [-0.2, 0) is 4.79 Å². The maximum atomic E-state index is 11.4. The summed E-state index contributed by atoms with van der Waals surface area (Å²) in [7, 11) is 0. The van der Waals surface area contributed by atoms with Crippen LogP contribution in [0.15, 0.2) is 48.5 Å². The van der Waals surface area contributed by atoms with Gasteiger partial charge in [-0.15, -0.1) is 0 Å². The van der Waals surface area contributed by atoms with Crippen LogP contribution in [0.1, 0.15) is 22.7 Å². The first kappa shape index (κ1) is 13.6. The standard InChI is InChI=1S/C16H14N2O2/c1-11-7-8-14(13(9-11)10-17)18-15(16(19)20)12-5-3-2-4-6-12/h2-9,15,18H,1H3,(H,19,20). The molecule has 2 aromatic rings. The topological polar surface area (TPSA) is 73.1 Å². The maximum Gasteiger partial charge on any atom is 0.330 e. The molecule has 0 bridgehead atoms. The van der Waals surface area contributed by atoms with E-state index in [2.05, 4.69) is 11.4 Å². The van der Waals surface area contributed by atoms with Crippen molar-refractivity contribution in [2.24, 2.45) is 0 Å². The lowest BCUT2D eigenvalue weighted by molar-refractivity contribution is -0.138. The lowest BCUT2D eigenvalue weighted by Crippen LogP contribution is -2.20. The number of nitrogens with zero attached hydrogens (tertiary/aromatic N) is 1. The minimum absolute atomic E-state index is 0.437. The number of aryl methyl sites for hydroxylation is 1. The van der Waals surface area contributed by atoms with Crippen LogP contribution in [0.25, 0.3) is 0 Å². The summed E-state index contributed by atoms with van der Waals surface area (Å²) in [5, 5.41) is 21.4. The van der Waals surface area contributed by atoms with Gasteiger partial charge in [0.1, 0.15) is 6.07 Å². The van der Waals surface area contributed by atoms with Crippen molar-refractivity contribution in [2.45, 2.75) is 13.0 Å². The molecule has 0 aromatic heterocycles. The molecule has 0 saturated heterocycles. The van der Waals surface area contributed by atoms with Gasteiger partial charge in [-0.2, -0.15) is 5.26 Å². The smallest absolute Gasteiger partial charge is 0.330 e. The van der Waals surface area contributed by atoms with Crippen LogP contribution in [0, 0.1) is 18.3 Å². The number of rotatable bonds is 4. The van der Waals surface area contributed by atoms with E-state index in [9.17, 15) is 9.90 Å². The molecule has 0 radical (unpaired) electrons. The van der Waals surface area contributed by atoms with E-state index in [1.54, 1.807) is 36.4 Å². The molecule has 0 aliphatic rings. The zero-order valence-corrected chi connectivity index (χ0v) is 11.0. The quantitative estimate of drug-likeness (QED) is 0.891. The Balaban J connectivity index is 2.35. The Bertz CT molecular complexity index is 660. The van der Waals surface area contributed by atoms with Crippen LogP contribution >= 0.6 is 0 Å². The number of benzene rings is 2. The number of hydrogen-bond acceptors (Lipinski definition) is 3. The predicted octanol–water partition coefficient (Wildman–Crippen LogP) is 3.10. The van der Waals surface area contributed by atoms with Crippen molar-refractivity contribution in [2.75, 3.05) is 5.32 Å². The van der Waals surface area contributed by atoms with Crippen LogP contribution < -0.4 is 5.32 Å². The van der Waals surface area contributed by atoms with Crippen molar-refractivity contribution in [3.05, 3.63) is 65.2 Å². The van der Waals surface area contributed by atoms with Gasteiger partial charge < -0.3 is 10.4 Å². The van der Waals surface area contributed by atoms with E-state index in [1.807, 2.05) is 19.1 Å². The summed E-state index contributed by atoms with van der Waals surface area (Å²) in [5.74, 6) is -0.985. The largest absolute Gasteiger partial charge is 0.479 e. The predicted molar refractivity (Wildman–Crippen MR) is 76.3 cm³/mol. The normalized spacial score (nSPS) is 11.4. The van der Waals surface area contributed by atoms with Crippen molar-refractivity contribution in [3.63, 3.8) is 0 Å². The molecule has 4 heteroatoms. The lowest BCUT2D eigenvalue weighted by Gasteiger charge is -2.17. The Labute approximate surface area is 117 Å². The molecule has 0 fully saturated rings. The van der Waals surface area contributed by atoms with E-state index in [0.717, 1.165) is 5.56 Å². The van der Waals surface area contributed by atoms with Gasteiger partial charge in [0.05, 0.1) is 11.3 Å². The van der Waals surface area contributed by atoms with Gasteiger partial charge in [0.2, 0.25) is 0 Å². The fraction of sp³-hybridized carbons (Fsp3) is 0.125. The fourth-order valence-electron chi connectivity index (χ4n) is 1.97. The SMILES string of the molecule is Cc1ccc(NC(C(=O)O)c2ccccc2)c(C#N)c1. The van der Waals surface area contributed by atoms with Gasteiger partial charge in [-0.1, -0.05) is 36.4 Å². The van der Waals surface area contributed by atoms with Gasteiger partial charge in [-0.05, 0) is 30.2 Å². The Kier molecular flexibility index (Phi) is 4.02. The summed E-state index contributed by atoms with van der Waals surface area (Å²) < 4.78 is 0. The molecule has 20 heavy (non-hydrogen) atoms. The molecule has 100 valence electrons. The highest BCUT2D eigenvalue weighted by molar-refractivity contribution is 5.80. The molecule has 0 aliphatic carbocycles. The zero-order valence-electron chi connectivity index (χ0n) is 11.0. The summed E-state index contributed by atoms with van der Waals surface area (Å²) in [6, 6.07) is 15.4. The van der Waals surface area contributed by atoms with E-state index in [-0.39, 0.29) is 0 Å². The first-order valence-electron chi connectivity index (χ1n) is 6.17. The molecule has 1 unspecified atom stereocenters. The number of carbonyl (C=O) groups is 1. The highest BCUT2D eigenvalue weighted by atomic mass is 16.4. The third-order valence-electron chi connectivity index (χ3n) is 2.98. The van der Waals surface area contributed by atoms with Gasteiger partial charge in [0.15, 0.2) is 6.04 Å². The monoisotopic (exact) mass is 266 g/mol. The highest BCUT2D eigenvalue weighted by Gasteiger charge is 2.20. The first-order valence-corrected chi connectivity index (χ1v) is 6.17. The number of carboxylic acids is 1. The Morgan fingerprint density at radius 1 is 1.25 bits per heavy atom. The number of nitrogens with one attached hydrogen (secondary N) is 1. The van der Waals surface area contributed by atoms with Crippen molar-refractivity contribution in [1.82, 2.24) is 0 Å². The summed E-state index contributed by atoms with van der Waals surface area (Å²) in [4.78, 5) is 11.4. The zero-order chi connectivity index (χ0) is 14.5. The van der Waals surface area contributed by atoms with Crippen molar-refractivity contribution in [1.29, 1.82) is 5.26 Å². The van der Waals surface area contributed by atoms with Crippen LogP contribution in [0.4, 0.5) is 5.69 Å². The molecule has 1 atom stereocenters. The molecule has 2 aromatic carbocycles. The molecule has 2 N–H and O–H groups in total. The number of nitriles is 1. The van der Waals surface area contributed by atoms with E-state index >= 15 is 0 Å². The van der Waals surface area contributed by atoms with Gasteiger partial charge >= 0.3 is 5.97 Å².